The van der Waals surface area contributed by atoms with Gasteiger partial charge in [-0.15, -0.1) is 11.3 Å². The maximum Gasteiger partial charge on any atom is 0.0634 e. The van der Waals surface area contributed by atoms with E-state index in [2.05, 4.69) is 34.7 Å². The Morgan fingerprint density at radius 2 is 2.50 bits per heavy atom. The molecule has 1 unspecified atom stereocenters. The first kappa shape index (κ1) is 14.0. The summed E-state index contributed by atoms with van der Waals surface area (Å²) in [5.74, 6) is 0. The van der Waals surface area contributed by atoms with E-state index < -0.39 is 0 Å². The van der Waals surface area contributed by atoms with Gasteiger partial charge in [-0.1, -0.05) is 13.0 Å². The Hall–Kier alpha value is -0.420. The lowest BCUT2D eigenvalue weighted by molar-refractivity contribution is -0.00602. The van der Waals surface area contributed by atoms with E-state index in [0.717, 1.165) is 39.4 Å². The molecule has 2 heterocycles. The zero-order valence-corrected chi connectivity index (χ0v) is 12.0. The molecular formula is C14H24N2OS. The molecule has 0 bridgehead atoms. The van der Waals surface area contributed by atoms with Crippen LogP contribution in [0.3, 0.4) is 0 Å². The van der Waals surface area contributed by atoms with Crippen LogP contribution in [0, 0.1) is 0 Å². The Kier molecular flexibility index (Phi) is 6.14. The normalized spacial score (nSPS) is 21.3. The molecule has 1 saturated heterocycles. The minimum atomic E-state index is 0.547. The van der Waals surface area contributed by atoms with Crippen LogP contribution < -0.4 is 5.32 Å². The van der Waals surface area contributed by atoms with Gasteiger partial charge in [-0.05, 0) is 30.8 Å². The Morgan fingerprint density at radius 1 is 1.56 bits per heavy atom. The summed E-state index contributed by atoms with van der Waals surface area (Å²) in [6.45, 7) is 8.36. The van der Waals surface area contributed by atoms with Crippen molar-refractivity contribution >= 4 is 11.3 Å². The van der Waals surface area contributed by atoms with Crippen LogP contribution in [0.1, 0.15) is 18.2 Å². The van der Waals surface area contributed by atoms with E-state index >= 15 is 0 Å². The van der Waals surface area contributed by atoms with Crippen molar-refractivity contribution in [3.05, 3.63) is 22.4 Å². The van der Waals surface area contributed by atoms with Crippen molar-refractivity contribution in [2.45, 2.75) is 25.8 Å². The van der Waals surface area contributed by atoms with Gasteiger partial charge in [0.2, 0.25) is 0 Å². The summed E-state index contributed by atoms with van der Waals surface area (Å²) in [5, 5.41) is 5.67. The largest absolute Gasteiger partial charge is 0.378 e. The standard InChI is InChI=1S/C14H24N2OS/c1-2-6-15-11-13-12-17-9-8-16(13)7-5-14-4-3-10-18-14/h3-4,10,13,15H,2,5-9,11-12H2,1H3. The van der Waals surface area contributed by atoms with Crippen LogP contribution in [0.25, 0.3) is 0 Å². The summed E-state index contributed by atoms with van der Waals surface area (Å²) in [5.41, 5.74) is 0. The van der Waals surface area contributed by atoms with E-state index in [4.69, 9.17) is 4.74 Å². The molecule has 0 spiro atoms. The van der Waals surface area contributed by atoms with Gasteiger partial charge in [0.15, 0.2) is 0 Å². The summed E-state index contributed by atoms with van der Waals surface area (Å²) >= 11 is 1.86. The van der Waals surface area contributed by atoms with Gasteiger partial charge in [0.1, 0.15) is 0 Å². The molecule has 0 amide bonds. The van der Waals surface area contributed by atoms with Crippen LogP contribution >= 0.6 is 11.3 Å². The number of nitrogens with one attached hydrogen (secondary N) is 1. The molecule has 1 N–H and O–H groups in total. The lowest BCUT2D eigenvalue weighted by Gasteiger charge is -2.35. The highest BCUT2D eigenvalue weighted by Crippen LogP contribution is 2.12. The van der Waals surface area contributed by atoms with Gasteiger partial charge in [0.05, 0.1) is 13.2 Å². The molecule has 1 aromatic rings. The molecule has 102 valence electrons. The van der Waals surface area contributed by atoms with Crippen LogP contribution in [-0.2, 0) is 11.2 Å². The average Bonchev–Trinajstić information content (AvgIpc) is 2.91. The van der Waals surface area contributed by atoms with Crippen LogP contribution in [0.4, 0.5) is 0 Å². The zero-order chi connectivity index (χ0) is 12.6. The van der Waals surface area contributed by atoms with Gasteiger partial charge in [0, 0.05) is 30.6 Å². The van der Waals surface area contributed by atoms with E-state index in [1.54, 1.807) is 0 Å². The first-order valence-corrected chi connectivity index (χ1v) is 7.83. The van der Waals surface area contributed by atoms with Crippen LogP contribution in [0.15, 0.2) is 17.5 Å². The highest BCUT2D eigenvalue weighted by molar-refractivity contribution is 7.09. The molecule has 0 saturated carbocycles. The van der Waals surface area contributed by atoms with Crippen molar-refractivity contribution in [3.8, 4) is 0 Å². The Labute approximate surface area is 114 Å². The maximum atomic E-state index is 5.60. The van der Waals surface area contributed by atoms with Gasteiger partial charge in [-0.25, -0.2) is 0 Å². The highest BCUT2D eigenvalue weighted by atomic mass is 32.1. The molecule has 0 radical (unpaired) electrons. The second-order valence-electron chi connectivity index (χ2n) is 4.80. The average molecular weight is 268 g/mol. The minimum absolute atomic E-state index is 0.547. The van der Waals surface area contributed by atoms with Crippen molar-refractivity contribution in [2.75, 3.05) is 39.4 Å². The smallest absolute Gasteiger partial charge is 0.0634 e. The first-order chi connectivity index (χ1) is 8.90. The molecule has 2 rings (SSSR count). The van der Waals surface area contributed by atoms with Crippen molar-refractivity contribution in [1.29, 1.82) is 0 Å². The number of morpholine rings is 1. The highest BCUT2D eigenvalue weighted by Gasteiger charge is 2.22. The Morgan fingerprint density at radius 3 is 3.28 bits per heavy atom. The second kappa shape index (κ2) is 7.89. The topological polar surface area (TPSA) is 24.5 Å². The van der Waals surface area contributed by atoms with E-state index in [9.17, 15) is 0 Å². The number of ether oxygens (including phenoxy) is 1. The predicted octanol–water partition coefficient (Wildman–Crippen LogP) is 1.99. The van der Waals surface area contributed by atoms with Crippen molar-refractivity contribution in [1.82, 2.24) is 10.2 Å². The van der Waals surface area contributed by atoms with Crippen LogP contribution in [0.2, 0.25) is 0 Å². The quantitative estimate of drug-likeness (QED) is 0.766. The van der Waals surface area contributed by atoms with Gasteiger partial charge < -0.3 is 10.1 Å². The van der Waals surface area contributed by atoms with Gasteiger partial charge in [0.25, 0.3) is 0 Å². The molecule has 18 heavy (non-hydrogen) atoms. The third-order valence-corrected chi connectivity index (χ3v) is 4.32. The van der Waals surface area contributed by atoms with Crippen molar-refractivity contribution < 1.29 is 4.74 Å². The fourth-order valence-electron chi connectivity index (χ4n) is 2.33. The summed E-state index contributed by atoms with van der Waals surface area (Å²) in [6.07, 6.45) is 2.37. The van der Waals surface area contributed by atoms with Crippen molar-refractivity contribution in [3.63, 3.8) is 0 Å². The van der Waals surface area contributed by atoms with E-state index in [-0.39, 0.29) is 0 Å². The molecule has 3 nitrogen and oxygen atoms in total. The second-order valence-corrected chi connectivity index (χ2v) is 5.83. The minimum Gasteiger partial charge on any atom is -0.378 e. The van der Waals surface area contributed by atoms with Crippen molar-refractivity contribution in [2.24, 2.45) is 0 Å². The van der Waals surface area contributed by atoms with Gasteiger partial charge >= 0.3 is 0 Å². The van der Waals surface area contributed by atoms with Gasteiger partial charge in [-0.2, -0.15) is 0 Å². The van der Waals surface area contributed by atoms with E-state index in [1.807, 2.05) is 11.3 Å². The van der Waals surface area contributed by atoms with E-state index in [0.29, 0.717) is 6.04 Å². The SMILES string of the molecule is CCCNCC1COCCN1CCc1cccs1. The maximum absolute atomic E-state index is 5.60. The predicted molar refractivity (Wildman–Crippen MR) is 77.4 cm³/mol. The number of hydrogen-bond acceptors (Lipinski definition) is 4. The molecule has 4 heteroatoms. The zero-order valence-electron chi connectivity index (χ0n) is 11.2. The summed E-state index contributed by atoms with van der Waals surface area (Å²) in [6, 6.07) is 4.92. The lowest BCUT2D eigenvalue weighted by Crippen LogP contribution is -2.51. The number of rotatable bonds is 7. The molecule has 1 aliphatic heterocycles. The summed E-state index contributed by atoms with van der Waals surface area (Å²) in [7, 11) is 0. The molecule has 1 fully saturated rings. The molecular weight excluding hydrogens is 244 g/mol. The lowest BCUT2D eigenvalue weighted by atomic mass is 10.2. The molecule has 1 aromatic heterocycles. The van der Waals surface area contributed by atoms with Crippen LogP contribution in [-0.4, -0.2) is 50.3 Å². The third kappa shape index (κ3) is 4.35. The molecule has 1 atom stereocenters. The Balaban J connectivity index is 1.76. The van der Waals surface area contributed by atoms with Crippen LogP contribution in [0.5, 0.6) is 0 Å². The van der Waals surface area contributed by atoms with E-state index in [1.165, 1.54) is 17.7 Å². The summed E-state index contributed by atoms with van der Waals surface area (Å²) < 4.78 is 5.60. The molecule has 1 aliphatic rings. The number of nitrogens with zero attached hydrogens (tertiary/aromatic N) is 1. The molecule has 0 aromatic carbocycles. The number of hydrogen-bond donors (Lipinski definition) is 1. The first-order valence-electron chi connectivity index (χ1n) is 6.95. The number of thiophene rings is 1. The third-order valence-electron chi connectivity index (χ3n) is 3.38. The monoisotopic (exact) mass is 268 g/mol. The fourth-order valence-corrected chi connectivity index (χ4v) is 3.02. The Bertz CT molecular complexity index is 316. The van der Waals surface area contributed by atoms with Gasteiger partial charge in [-0.3, -0.25) is 4.90 Å². The summed E-state index contributed by atoms with van der Waals surface area (Å²) in [4.78, 5) is 4.06. The fraction of sp³-hybridized carbons (Fsp3) is 0.714. The molecule has 0 aliphatic carbocycles.